The maximum Gasteiger partial charge on any atom is 0.355 e. The number of hydrogen-bond donors (Lipinski definition) is 2. The van der Waals surface area contributed by atoms with Crippen molar-refractivity contribution in [1.29, 1.82) is 0 Å². The number of nitrogens with one attached hydrogen (secondary N) is 2. The summed E-state index contributed by atoms with van der Waals surface area (Å²) in [5.41, 5.74) is 4.00. The topological polar surface area (TPSA) is 84.5 Å². The van der Waals surface area contributed by atoms with E-state index in [-0.39, 0.29) is 18.4 Å². The Morgan fingerprint density at radius 2 is 1.96 bits per heavy atom. The number of carbonyl (C=O) groups is 3. The zero-order valence-electron chi connectivity index (χ0n) is 14.9. The quantitative estimate of drug-likeness (QED) is 0.553. The van der Waals surface area contributed by atoms with Crippen molar-refractivity contribution >= 4 is 17.8 Å². The van der Waals surface area contributed by atoms with Gasteiger partial charge in [-0.2, -0.15) is 5.48 Å². The smallest absolute Gasteiger partial charge is 0.349 e. The van der Waals surface area contributed by atoms with Gasteiger partial charge in [0.2, 0.25) is 5.91 Å². The average Bonchev–Trinajstić information content (AvgIpc) is 2.57. The first-order valence-corrected chi connectivity index (χ1v) is 8.74. The molecule has 0 fully saturated rings. The van der Waals surface area contributed by atoms with E-state index >= 15 is 0 Å². The van der Waals surface area contributed by atoms with Gasteiger partial charge < -0.3 is 10.2 Å². The zero-order valence-corrected chi connectivity index (χ0v) is 14.9. The van der Waals surface area contributed by atoms with E-state index in [4.69, 9.17) is 0 Å². The lowest BCUT2D eigenvalue weighted by Gasteiger charge is -2.22. The van der Waals surface area contributed by atoms with Crippen molar-refractivity contribution in [2.45, 2.75) is 45.1 Å². The van der Waals surface area contributed by atoms with Gasteiger partial charge in [0, 0.05) is 24.1 Å². The fourth-order valence-electron chi connectivity index (χ4n) is 2.53. The summed E-state index contributed by atoms with van der Waals surface area (Å²) >= 11 is 0. The molecule has 0 saturated carbocycles. The molecule has 0 bridgehead atoms. The van der Waals surface area contributed by atoms with Crippen LogP contribution >= 0.6 is 0 Å². The molecule has 2 N–H and O–H groups in total. The zero-order chi connectivity index (χ0) is 18.8. The van der Waals surface area contributed by atoms with Crippen molar-refractivity contribution in [1.82, 2.24) is 10.8 Å². The van der Waals surface area contributed by atoms with Crippen molar-refractivity contribution in [3.63, 3.8) is 0 Å². The minimum Gasteiger partial charge on any atom is -0.349 e. The summed E-state index contributed by atoms with van der Waals surface area (Å²) in [5, 5.41) is 3.00. The second-order valence-electron chi connectivity index (χ2n) is 6.11. The van der Waals surface area contributed by atoms with Crippen LogP contribution in [0.15, 0.2) is 54.1 Å². The minimum atomic E-state index is -0.632. The second kappa shape index (κ2) is 10.2. The highest BCUT2D eigenvalue weighted by molar-refractivity contribution is 5.94. The normalized spacial score (nSPS) is 14.1. The Balaban J connectivity index is 1.87. The molecule has 0 radical (unpaired) electrons. The van der Waals surface area contributed by atoms with Gasteiger partial charge in [-0.15, -0.1) is 0 Å². The van der Waals surface area contributed by atoms with Gasteiger partial charge >= 0.3 is 5.97 Å². The van der Waals surface area contributed by atoms with E-state index in [0.717, 1.165) is 24.0 Å². The van der Waals surface area contributed by atoms with E-state index in [0.29, 0.717) is 12.8 Å². The number of rotatable bonds is 8. The van der Waals surface area contributed by atoms with Crippen LogP contribution < -0.4 is 10.8 Å². The first-order chi connectivity index (χ1) is 12.6. The van der Waals surface area contributed by atoms with Crippen LogP contribution in [0, 0.1) is 0 Å². The minimum absolute atomic E-state index is 0.0721. The highest BCUT2D eigenvalue weighted by Gasteiger charge is 2.20. The second-order valence-corrected chi connectivity index (χ2v) is 6.11. The van der Waals surface area contributed by atoms with Crippen LogP contribution in [0.4, 0.5) is 0 Å². The molecule has 0 saturated heterocycles. The summed E-state index contributed by atoms with van der Waals surface area (Å²) in [5.74, 6) is -1.11. The molecule has 1 aromatic carbocycles. The van der Waals surface area contributed by atoms with E-state index in [2.05, 4.69) is 15.6 Å². The Kier molecular flexibility index (Phi) is 7.61. The van der Waals surface area contributed by atoms with Crippen LogP contribution in [0.3, 0.4) is 0 Å². The summed E-state index contributed by atoms with van der Waals surface area (Å²) in [6.07, 6.45) is 7.60. The molecular weight excluding hydrogens is 332 g/mol. The standard InChI is InChI=1S/C20H24N2O4/c1-2-7-19(24)26-22-18(23)13-12-17(14-15-8-4-3-5-9-15)21-20(25)16-10-6-11-16/h2-5,7-10,17H,6,11-14H2,1H3,(H,21,25)(H,22,23). The fourth-order valence-corrected chi connectivity index (χ4v) is 2.53. The SMILES string of the molecule is CC=CC(=O)ONC(=O)CCC(Cc1ccccc1)NC(=O)C1=CCC1. The number of benzene rings is 1. The van der Waals surface area contributed by atoms with Crippen LogP contribution in [0.25, 0.3) is 0 Å². The monoisotopic (exact) mass is 356 g/mol. The summed E-state index contributed by atoms with van der Waals surface area (Å²) in [6, 6.07) is 9.61. The summed E-state index contributed by atoms with van der Waals surface area (Å²) in [6.45, 7) is 1.68. The number of hydroxylamine groups is 1. The van der Waals surface area contributed by atoms with Crippen LogP contribution in [-0.4, -0.2) is 23.8 Å². The maximum atomic E-state index is 12.2. The third-order valence-electron chi connectivity index (χ3n) is 4.04. The molecule has 2 rings (SSSR count). The molecule has 0 spiro atoms. The Bertz CT molecular complexity index is 695. The third-order valence-corrected chi connectivity index (χ3v) is 4.04. The number of hydrogen-bond acceptors (Lipinski definition) is 4. The molecule has 1 aliphatic carbocycles. The number of amides is 2. The van der Waals surface area contributed by atoms with Crippen LogP contribution in [0.5, 0.6) is 0 Å². The molecule has 0 aromatic heterocycles. The Morgan fingerprint density at radius 1 is 1.23 bits per heavy atom. The van der Waals surface area contributed by atoms with Gasteiger partial charge in [-0.25, -0.2) is 4.79 Å². The lowest BCUT2D eigenvalue weighted by atomic mass is 9.96. The molecular formula is C20H24N2O4. The van der Waals surface area contributed by atoms with Crippen LogP contribution in [0.2, 0.25) is 0 Å². The van der Waals surface area contributed by atoms with Crippen molar-refractivity contribution in [3.05, 3.63) is 59.7 Å². The molecule has 6 heteroatoms. The summed E-state index contributed by atoms with van der Waals surface area (Å²) in [4.78, 5) is 39.9. The van der Waals surface area contributed by atoms with E-state index in [1.54, 1.807) is 6.92 Å². The highest BCUT2D eigenvalue weighted by Crippen LogP contribution is 2.18. The Morgan fingerprint density at radius 3 is 2.58 bits per heavy atom. The van der Waals surface area contributed by atoms with Crippen molar-refractivity contribution in [2.75, 3.05) is 0 Å². The summed E-state index contributed by atoms with van der Waals surface area (Å²) in [7, 11) is 0. The predicted molar refractivity (Wildman–Crippen MR) is 97.7 cm³/mol. The van der Waals surface area contributed by atoms with E-state index in [1.165, 1.54) is 12.2 Å². The highest BCUT2D eigenvalue weighted by atomic mass is 16.7. The van der Waals surface area contributed by atoms with Gasteiger partial charge in [-0.3, -0.25) is 9.59 Å². The van der Waals surface area contributed by atoms with Crippen LogP contribution in [0.1, 0.15) is 38.2 Å². The van der Waals surface area contributed by atoms with E-state index in [1.807, 2.05) is 36.4 Å². The van der Waals surface area contributed by atoms with Gasteiger partial charge in [-0.1, -0.05) is 42.5 Å². The van der Waals surface area contributed by atoms with Crippen molar-refractivity contribution in [3.8, 4) is 0 Å². The molecule has 1 aliphatic rings. The molecule has 1 unspecified atom stereocenters. The van der Waals surface area contributed by atoms with E-state index < -0.39 is 11.9 Å². The van der Waals surface area contributed by atoms with Gasteiger partial charge in [0.25, 0.3) is 5.91 Å². The molecule has 0 heterocycles. The molecule has 26 heavy (non-hydrogen) atoms. The maximum absolute atomic E-state index is 12.2. The first kappa shape index (κ1) is 19.4. The van der Waals surface area contributed by atoms with E-state index in [9.17, 15) is 14.4 Å². The van der Waals surface area contributed by atoms with Gasteiger partial charge in [0.15, 0.2) is 0 Å². The molecule has 138 valence electrons. The first-order valence-electron chi connectivity index (χ1n) is 8.74. The van der Waals surface area contributed by atoms with Crippen molar-refractivity contribution in [2.24, 2.45) is 0 Å². The number of allylic oxidation sites excluding steroid dienone is 2. The largest absolute Gasteiger partial charge is 0.355 e. The van der Waals surface area contributed by atoms with Gasteiger partial charge in [0.1, 0.15) is 0 Å². The van der Waals surface area contributed by atoms with Gasteiger partial charge in [-0.05, 0) is 38.2 Å². The average molecular weight is 356 g/mol. The van der Waals surface area contributed by atoms with Gasteiger partial charge in [0.05, 0.1) is 0 Å². The molecule has 6 nitrogen and oxygen atoms in total. The lowest BCUT2D eigenvalue weighted by Crippen LogP contribution is -2.39. The third kappa shape index (κ3) is 6.55. The van der Waals surface area contributed by atoms with Crippen molar-refractivity contribution < 1.29 is 19.2 Å². The number of carbonyl (C=O) groups excluding carboxylic acids is 3. The van der Waals surface area contributed by atoms with Crippen LogP contribution in [-0.2, 0) is 25.6 Å². The molecule has 0 aliphatic heterocycles. The fraction of sp³-hybridized carbons (Fsp3) is 0.350. The molecule has 1 aromatic rings. The Hall–Kier alpha value is -2.89. The predicted octanol–water partition coefficient (Wildman–Crippen LogP) is 2.36. The Labute approximate surface area is 153 Å². The lowest BCUT2D eigenvalue weighted by molar-refractivity contribution is -0.153. The summed E-state index contributed by atoms with van der Waals surface area (Å²) < 4.78 is 0. The molecule has 2 amide bonds. The molecule has 1 atom stereocenters.